The zero-order valence-corrected chi connectivity index (χ0v) is 23.3. The molecule has 0 N–H and O–H groups in total. The second-order valence-electron chi connectivity index (χ2n) is 9.56. The van der Waals surface area contributed by atoms with E-state index in [2.05, 4.69) is 146 Å². The van der Waals surface area contributed by atoms with E-state index in [4.69, 9.17) is 4.99 Å². The van der Waals surface area contributed by atoms with E-state index in [1.165, 1.54) is 23.5 Å². The Hall–Kier alpha value is -1.29. The Morgan fingerprint density at radius 2 is 1.24 bits per heavy atom. The van der Waals surface area contributed by atoms with Crippen LogP contribution in [0.3, 0.4) is 0 Å². The van der Waals surface area contributed by atoms with E-state index in [0.29, 0.717) is 17.0 Å². The summed E-state index contributed by atoms with van der Waals surface area (Å²) in [5.74, 6) is 1.24. The van der Waals surface area contributed by atoms with Crippen molar-refractivity contribution in [2.45, 2.75) is 39.3 Å². The van der Waals surface area contributed by atoms with Crippen molar-refractivity contribution in [2.75, 3.05) is 0 Å². The van der Waals surface area contributed by atoms with E-state index in [0.717, 1.165) is 11.6 Å². The van der Waals surface area contributed by atoms with Gasteiger partial charge in [-0.05, 0) is 60.6 Å². The second-order valence-corrected chi connectivity index (χ2v) is 12.3. The Bertz CT molecular complexity index is 918. The Labute approximate surface area is 217 Å². The fraction of sp³-hybridized carbons (Fsp3) is 0.310. The van der Waals surface area contributed by atoms with Gasteiger partial charge >= 0.3 is 27.7 Å². The first-order valence-corrected chi connectivity index (χ1v) is 14.8. The number of aliphatic imine (C=N–C) groups is 1. The van der Waals surface area contributed by atoms with Crippen molar-refractivity contribution in [2.24, 2.45) is 22.2 Å². The summed E-state index contributed by atoms with van der Waals surface area (Å²) in [5.41, 5.74) is 2.04. The van der Waals surface area contributed by atoms with Gasteiger partial charge in [0.1, 0.15) is 0 Å². The van der Waals surface area contributed by atoms with Crippen LogP contribution in [-0.2, 0) is 18.2 Å². The molecule has 4 rings (SSSR count). The van der Waals surface area contributed by atoms with Gasteiger partial charge in [-0.3, -0.25) is 4.99 Å². The minimum absolute atomic E-state index is 0. The summed E-state index contributed by atoms with van der Waals surface area (Å²) in [5, 5.41) is 3.04. The van der Waals surface area contributed by atoms with Crippen LogP contribution in [0.4, 0.5) is 5.69 Å². The maximum atomic E-state index is 4.92. The molecular weight excluding hydrogens is 535 g/mol. The molecule has 3 aromatic rings. The third-order valence-electron chi connectivity index (χ3n) is 6.55. The molecule has 33 heavy (non-hydrogen) atoms. The van der Waals surface area contributed by atoms with E-state index in [-0.39, 0.29) is 7.43 Å². The van der Waals surface area contributed by atoms with Gasteiger partial charge < -0.3 is 7.43 Å². The van der Waals surface area contributed by atoms with Gasteiger partial charge in [-0.25, -0.2) is 0 Å². The van der Waals surface area contributed by atoms with Crippen LogP contribution in [0.25, 0.3) is 0 Å². The molecule has 0 heterocycles. The minimum atomic E-state index is -0.912. The van der Waals surface area contributed by atoms with Gasteiger partial charge in [-0.2, -0.15) is 0 Å². The monoisotopic (exact) mass is 570 g/mol. The molecule has 3 unspecified atom stereocenters. The van der Waals surface area contributed by atoms with Crippen molar-refractivity contribution in [1.82, 2.24) is 0 Å². The molecule has 0 spiro atoms. The van der Waals surface area contributed by atoms with Crippen molar-refractivity contribution >= 4 is 40.0 Å². The molecule has 3 aromatic carbocycles. The average Bonchev–Trinajstić information content (AvgIpc) is 3.26. The van der Waals surface area contributed by atoms with Crippen molar-refractivity contribution in [1.29, 1.82) is 0 Å². The maximum absolute atomic E-state index is 4.92. The van der Waals surface area contributed by atoms with E-state index in [1.807, 2.05) is 0 Å². The van der Waals surface area contributed by atoms with Gasteiger partial charge in [0, 0.05) is 12.1 Å². The Balaban J connectivity index is 0.00000125. The summed E-state index contributed by atoms with van der Waals surface area (Å²) < 4.78 is 0. The predicted octanol–water partition coefficient (Wildman–Crippen LogP) is 7.83. The van der Waals surface area contributed by atoms with Crippen LogP contribution >= 0.6 is 17.5 Å². The quantitative estimate of drug-likeness (QED) is 0.128. The van der Waals surface area contributed by atoms with Gasteiger partial charge in [0.15, 0.2) is 0 Å². The van der Waals surface area contributed by atoms with Gasteiger partial charge in [0.05, 0.1) is 29.9 Å². The molecule has 0 bridgehead atoms. The molecule has 0 saturated heterocycles. The first-order chi connectivity index (χ1) is 15.5. The summed E-state index contributed by atoms with van der Waals surface area (Å²) in [6.07, 6.45) is 4.80. The van der Waals surface area contributed by atoms with Crippen LogP contribution < -0.4 is 10.6 Å². The van der Waals surface area contributed by atoms with Gasteiger partial charge in [-0.15, -0.1) is 0 Å². The van der Waals surface area contributed by atoms with E-state index in [1.54, 1.807) is 0 Å². The molecule has 0 aliphatic heterocycles. The Morgan fingerprint density at radius 3 is 1.70 bits per heavy atom. The average molecular weight is 571 g/mol. The van der Waals surface area contributed by atoms with Crippen LogP contribution in [-0.4, -0.2) is 11.9 Å². The summed E-state index contributed by atoms with van der Waals surface area (Å²) in [6, 6.07) is 32.8. The zero-order chi connectivity index (χ0) is 23.0. The summed E-state index contributed by atoms with van der Waals surface area (Å²) >= 11 is 2.22. The van der Waals surface area contributed by atoms with Crippen molar-refractivity contribution in [3.8, 4) is 0 Å². The predicted molar refractivity (Wildman–Crippen MR) is 147 cm³/mol. The number of benzene rings is 3. The third kappa shape index (κ3) is 7.60. The second kappa shape index (κ2) is 13.6. The molecule has 1 saturated carbocycles. The van der Waals surface area contributed by atoms with Crippen LogP contribution in [0.2, 0.25) is 0 Å². The molecular formula is C29H36ClNPPd+. The topological polar surface area (TPSA) is 12.4 Å². The van der Waals surface area contributed by atoms with Gasteiger partial charge in [0.25, 0.3) is 0 Å². The molecule has 1 fully saturated rings. The molecule has 178 valence electrons. The SMILES string of the molecule is CC(C)(C)C1CC(C=Nc2ccccc2)C([PH+](c2ccccc2)c2ccccc2)C1.[CH3-].[Cl][Pd+]. The van der Waals surface area contributed by atoms with Crippen molar-refractivity contribution in [3.05, 3.63) is 98.4 Å². The third-order valence-corrected chi connectivity index (χ3v) is 9.86. The number of rotatable bonds is 5. The molecule has 0 amide bonds. The normalized spacial score (nSPS) is 20.3. The molecule has 1 nitrogen and oxygen atoms in total. The Kier molecular flexibility index (Phi) is 11.5. The zero-order valence-electron chi connectivity index (χ0n) is 20.0. The van der Waals surface area contributed by atoms with Crippen molar-refractivity contribution < 1.29 is 18.2 Å². The Morgan fingerprint density at radius 1 is 0.788 bits per heavy atom. The van der Waals surface area contributed by atoms with E-state index in [9.17, 15) is 0 Å². The van der Waals surface area contributed by atoms with Crippen LogP contribution in [0.5, 0.6) is 0 Å². The fourth-order valence-corrected chi connectivity index (χ4v) is 8.26. The van der Waals surface area contributed by atoms with Crippen LogP contribution in [0.1, 0.15) is 33.6 Å². The van der Waals surface area contributed by atoms with Gasteiger partial charge in [0.2, 0.25) is 0 Å². The number of hydrogen-bond donors (Lipinski definition) is 0. The fourth-order valence-electron chi connectivity index (χ4n) is 4.80. The molecule has 1 aliphatic carbocycles. The molecule has 4 heteroatoms. The molecule has 1 aliphatic rings. The molecule has 3 atom stereocenters. The van der Waals surface area contributed by atoms with Crippen LogP contribution in [0.15, 0.2) is 96.0 Å². The first kappa shape index (κ1) is 28.0. The standard InChI is InChI=1S/C28H32NP.CH3.ClH.Pd/c1-28(2,3)23-19-22(21-29-24-13-7-4-8-14-24)27(20-23)30(25-15-9-5-10-16-25)26-17-11-6-12-18-26;;;/h4-18,21-23,27H,19-20H2,1-3H3;1H3;1H;/q;-1;;+2. The van der Waals surface area contributed by atoms with Gasteiger partial charge in [-0.1, -0.05) is 75.4 Å². The summed E-state index contributed by atoms with van der Waals surface area (Å²) in [7, 11) is 3.58. The van der Waals surface area contributed by atoms with E-state index >= 15 is 0 Å². The van der Waals surface area contributed by atoms with E-state index < -0.39 is 7.92 Å². The number of halogens is 1. The van der Waals surface area contributed by atoms with Crippen molar-refractivity contribution in [3.63, 3.8) is 0 Å². The van der Waals surface area contributed by atoms with Crippen LogP contribution in [0, 0.1) is 24.7 Å². The first-order valence-electron chi connectivity index (χ1n) is 11.2. The number of nitrogens with zero attached hydrogens (tertiary/aromatic N) is 1. The molecule has 0 aromatic heterocycles. The number of hydrogen-bond acceptors (Lipinski definition) is 1. The number of para-hydroxylation sites is 1. The summed E-state index contributed by atoms with van der Waals surface area (Å²) in [4.78, 5) is 4.92. The summed E-state index contributed by atoms with van der Waals surface area (Å²) in [6.45, 7) is 7.22. The molecule has 0 radical (unpaired) electrons.